The van der Waals surface area contributed by atoms with Gasteiger partial charge in [-0.25, -0.2) is 0 Å². The summed E-state index contributed by atoms with van der Waals surface area (Å²) in [7, 11) is 0. The molecule has 211 valence electrons. The Morgan fingerprint density at radius 3 is 2.24 bits per heavy atom. The van der Waals surface area contributed by atoms with Gasteiger partial charge < -0.3 is 9.13 Å². The third-order valence-corrected chi connectivity index (χ3v) is 8.11. The number of benzene rings is 4. The van der Waals surface area contributed by atoms with Gasteiger partial charge in [-0.15, -0.1) is 23.8 Å². The number of hydrogen-bond donors (Lipinski definition) is 0. The SMILES string of the molecule is CCCCCCCCc1cc(C)c(-n2ccnc2-c2[c-]cc3c(c2)c2ccccc2n3-c2ccccc2)c(C)c1.[Ir]. The van der Waals surface area contributed by atoms with E-state index in [-0.39, 0.29) is 20.1 Å². The van der Waals surface area contributed by atoms with Gasteiger partial charge in [-0.3, -0.25) is 4.98 Å². The Morgan fingerprint density at radius 1 is 0.756 bits per heavy atom. The third-order valence-electron chi connectivity index (χ3n) is 8.11. The van der Waals surface area contributed by atoms with Crippen LogP contribution in [0.25, 0.3) is 44.6 Å². The van der Waals surface area contributed by atoms with Gasteiger partial charge in [0.1, 0.15) is 0 Å². The summed E-state index contributed by atoms with van der Waals surface area (Å²) in [6, 6.07) is 31.9. The standard InChI is InChI=1S/C37H38N3.Ir/c1-4-5-6-7-8-10-15-29-24-27(2)36(28(3)25-29)39-23-22-38-37(39)30-20-21-35-33(26-30)32-18-13-14-19-34(32)40(35)31-16-11-9-12-17-31;/h9,11-14,16-19,21-26H,4-8,10,15H2,1-3H3;/q-1;. The maximum absolute atomic E-state index is 4.83. The van der Waals surface area contributed by atoms with Gasteiger partial charge in [-0.2, -0.15) is 0 Å². The van der Waals surface area contributed by atoms with Gasteiger partial charge in [0.2, 0.25) is 0 Å². The Morgan fingerprint density at radius 2 is 1.46 bits per heavy atom. The first-order chi connectivity index (χ1) is 19.7. The minimum Gasteiger partial charge on any atom is -0.351 e. The molecule has 0 unspecified atom stereocenters. The molecule has 0 aliphatic carbocycles. The Bertz CT molecular complexity index is 1740. The second-order valence-electron chi connectivity index (χ2n) is 11.1. The molecule has 6 aromatic rings. The van der Waals surface area contributed by atoms with Gasteiger partial charge in [-0.1, -0.05) is 92.9 Å². The van der Waals surface area contributed by atoms with E-state index in [0.717, 1.165) is 29.0 Å². The number of rotatable bonds is 10. The summed E-state index contributed by atoms with van der Waals surface area (Å²) in [4.78, 5) is 4.83. The summed E-state index contributed by atoms with van der Waals surface area (Å²) in [6.07, 6.45) is 13.1. The molecule has 6 rings (SSSR count). The molecule has 0 bridgehead atoms. The average Bonchev–Trinajstić information content (AvgIpc) is 3.58. The molecule has 0 N–H and O–H groups in total. The second kappa shape index (κ2) is 13.0. The topological polar surface area (TPSA) is 22.8 Å². The molecular weight excluding hydrogens is 679 g/mol. The zero-order valence-electron chi connectivity index (χ0n) is 24.3. The van der Waals surface area contributed by atoms with Crippen molar-refractivity contribution in [2.24, 2.45) is 0 Å². The molecule has 41 heavy (non-hydrogen) atoms. The molecule has 0 saturated carbocycles. The van der Waals surface area contributed by atoms with Crippen LogP contribution in [-0.4, -0.2) is 14.1 Å². The quantitative estimate of drug-likeness (QED) is 0.102. The Kier molecular flexibility index (Phi) is 9.22. The smallest absolute Gasteiger partial charge is 0.0603 e. The van der Waals surface area contributed by atoms with Crippen molar-refractivity contribution in [2.45, 2.75) is 65.7 Å². The molecule has 0 saturated heterocycles. The van der Waals surface area contributed by atoms with Gasteiger partial charge in [-0.05, 0) is 72.5 Å². The molecule has 4 heteroatoms. The monoisotopic (exact) mass is 717 g/mol. The minimum atomic E-state index is 0. The number of para-hydroxylation sites is 2. The largest absolute Gasteiger partial charge is 0.351 e. The zero-order chi connectivity index (χ0) is 27.5. The molecule has 0 aliphatic rings. The third kappa shape index (κ3) is 5.82. The van der Waals surface area contributed by atoms with Crippen molar-refractivity contribution in [3.8, 4) is 22.8 Å². The second-order valence-corrected chi connectivity index (χ2v) is 11.1. The van der Waals surface area contributed by atoms with Crippen LogP contribution in [0.3, 0.4) is 0 Å². The van der Waals surface area contributed by atoms with Crippen LogP contribution in [0, 0.1) is 19.9 Å². The molecule has 0 amide bonds. The fourth-order valence-corrected chi connectivity index (χ4v) is 6.26. The van der Waals surface area contributed by atoms with E-state index in [0.29, 0.717) is 0 Å². The number of aryl methyl sites for hydroxylation is 3. The fourth-order valence-electron chi connectivity index (χ4n) is 6.26. The molecule has 0 spiro atoms. The normalized spacial score (nSPS) is 11.3. The van der Waals surface area contributed by atoms with E-state index < -0.39 is 0 Å². The minimum absolute atomic E-state index is 0. The molecular formula is C37H38IrN3-. The number of nitrogens with zero attached hydrogens (tertiary/aromatic N) is 3. The van der Waals surface area contributed by atoms with Gasteiger partial charge in [0.25, 0.3) is 0 Å². The maximum atomic E-state index is 4.83. The van der Waals surface area contributed by atoms with E-state index in [9.17, 15) is 0 Å². The molecule has 2 heterocycles. The van der Waals surface area contributed by atoms with Crippen molar-refractivity contribution in [2.75, 3.05) is 0 Å². The molecule has 0 aliphatic heterocycles. The van der Waals surface area contributed by atoms with E-state index in [4.69, 9.17) is 4.98 Å². The number of imidazole rings is 1. The van der Waals surface area contributed by atoms with Crippen molar-refractivity contribution < 1.29 is 20.1 Å². The average molecular weight is 717 g/mol. The first kappa shape index (κ1) is 29.0. The molecule has 0 atom stereocenters. The van der Waals surface area contributed by atoms with Gasteiger partial charge in [0, 0.05) is 49.4 Å². The van der Waals surface area contributed by atoms with Crippen LogP contribution in [0.15, 0.2) is 91.3 Å². The predicted octanol–water partition coefficient (Wildman–Crippen LogP) is 9.95. The molecule has 2 aromatic heterocycles. The van der Waals surface area contributed by atoms with Crippen LogP contribution in [0.2, 0.25) is 0 Å². The first-order valence-corrected chi connectivity index (χ1v) is 14.8. The van der Waals surface area contributed by atoms with Gasteiger partial charge >= 0.3 is 0 Å². The summed E-state index contributed by atoms with van der Waals surface area (Å²) in [6.45, 7) is 6.74. The Balaban J connectivity index is 0.00000337. The van der Waals surface area contributed by atoms with E-state index in [2.05, 4.69) is 121 Å². The number of fused-ring (bicyclic) bond motifs is 3. The van der Waals surface area contributed by atoms with Crippen LogP contribution in [0.5, 0.6) is 0 Å². The van der Waals surface area contributed by atoms with E-state index in [1.54, 1.807) is 0 Å². The maximum Gasteiger partial charge on any atom is 0.0603 e. The van der Waals surface area contributed by atoms with E-state index >= 15 is 0 Å². The van der Waals surface area contributed by atoms with Crippen molar-refractivity contribution in [1.82, 2.24) is 14.1 Å². The van der Waals surface area contributed by atoms with Gasteiger partial charge in [0.15, 0.2) is 0 Å². The molecule has 0 fully saturated rings. The Labute approximate surface area is 257 Å². The van der Waals surface area contributed by atoms with E-state index in [1.807, 2.05) is 6.20 Å². The number of hydrogen-bond acceptors (Lipinski definition) is 1. The van der Waals surface area contributed by atoms with Crippen molar-refractivity contribution in [3.63, 3.8) is 0 Å². The summed E-state index contributed by atoms with van der Waals surface area (Å²) in [5.74, 6) is 0.924. The molecule has 3 nitrogen and oxygen atoms in total. The Hall–Kier alpha value is -3.46. The predicted molar refractivity (Wildman–Crippen MR) is 169 cm³/mol. The van der Waals surface area contributed by atoms with Gasteiger partial charge in [0.05, 0.1) is 5.82 Å². The van der Waals surface area contributed by atoms with Crippen LogP contribution < -0.4 is 0 Å². The summed E-state index contributed by atoms with van der Waals surface area (Å²) < 4.78 is 4.57. The van der Waals surface area contributed by atoms with E-state index in [1.165, 1.54) is 77.2 Å². The number of aromatic nitrogens is 3. The molecule has 1 radical (unpaired) electrons. The fraction of sp³-hybridized carbons (Fsp3) is 0.270. The molecule has 4 aromatic carbocycles. The van der Waals surface area contributed by atoms with Crippen molar-refractivity contribution in [1.29, 1.82) is 0 Å². The van der Waals surface area contributed by atoms with Crippen molar-refractivity contribution >= 4 is 21.8 Å². The summed E-state index contributed by atoms with van der Waals surface area (Å²) >= 11 is 0. The summed E-state index contributed by atoms with van der Waals surface area (Å²) in [5, 5.41) is 2.45. The zero-order valence-corrected chi connectivity index (χ0v) is 26.7. The van der Waals surface area contributed by atoms with Crippen LogP contribution in [-0.2, 0) is 26.5 Å². The number of unbranched alkanes of at least 4 members (excludes halogenated alkanes) is 5. The summed E-state index contributed by atoms with van der Waals surface area (Å²) in [5.41, 5.74) is 9.76. The van der Waals surface area contributed by atoms with Crippen molar-refractivity contribution in [3.05, 3.63) is 114 Å². The first-order valence-electron chi connectivity index (χ1n) is 14.8. The van der Waals surface area contributed by atoms with Crippen LogP contribution in [0.4, 0.5) is 0 Å². The van der Waals surface area contributed by atoms with Crippen LogP contribution >= 0.6 is 0 Å². The van der Waals surface area contributed by atoms with Crippen LogP contribution in [0.1, 0.15) is 62.1 Å².